The number of rotatable bonds is 4. The molecule has 1 aliphatic heterocycles. The Hall–Kier alpha value is -1.40. The van der Waals surface area contributed by atoms with E-state index in [1.165, 1.54) is 0 Å². The van der Waals surface area contributed by atoms with Crippen molar-refractivity contribution in [3.8, 4) is 0 Å². The number of anilines is 1. The highest BCUT2D eigenvalue weighted by molar-refractivity contribution is 5.38. The van der Waals surface area contributed by atoms with E-state index in [2.05, 4.69) is 19.8 Å². The number of hydrogen-bond donors (Lipinski definition) is 2. The number of aromatic amines is 1. The van der Waals surface area contributed by atoms with Gasteiger partial charge < -0.3 is 15.0 Å². The van der Waals surface area contributed by atoms with Gasteiger partial charge in [0.15, 0.2) is 0 Å². The molecule has 100 valence electrons. The van der Waals surface area contributed by atoms with Crippen molar-refractivity contribution in [2.24, 2.45) is 0 Å². The van der Waals surface area contributed by atoms with Crippen molar-refractivity contribution < 1.29 is 5.11 Å². The van der Waals surface area contributed by atoms with Crippen molar-refractivity contribution in [2.75, 3.05) is 44.2 Å². The van der Waals surface area contributed by atoms with E-state index in [9.17, 15) is 4.79 Å². The lowest BCUT2D eigenvalue weighted by molar-refractivity contribution is 0.188. The summed E-state index contributed by atoms with van der Waals surface area (Å²) in [6.07, 6.45) is 0.730. The number of hydrogen-bond acceptors (Lipinski definition) is 5. The van der Waals surface area contributed by atoms with Crippen LogP contribution in [-0.2, 0) is 6.42 Å². The summed E-state index contributed by atoms with van der Waals surface area (Å²) in [5, 5.41) is 8.89. The molecule has 0 amide bonds. The van der Waals surface area contributed by atoms with Crippen LogP contribution in [0.15, 0.2) is 10.9 Å². The zero-order valence-electron chi connectivity index (χ0n) is 10.7. The summed E-state index contributed by atoms with van der Waals surface area (Å²) in [4.78, 5) is 23.0. The van der Waals surface area contributed by atoms with Crippen LogP contribution in [0.2, 0.25) is 0 Å². The first-order chi connectivity index (χ1) is 8.72. The summed E-state index contributed by atoms with van der Waals surface area (Å²) < 4.78 is 0. The first kappa shape index (κ1) is 13.0. The fourth-order valence-corrected chi connectivity index (χ4v) is 2.17. The Bertz CT molecular complexity index is 438. The summed E-state index contributed by atoms with van der Waals surface area (Å²) in [5.41, 5.74) is -0.0883. The Kier molecular flexibility index (Phi) is 4.33. The van der Waals surface area contributed by atoms with Crippen LogP contribution >= 0.6 is 0 Å². The largest absolute Gasteiger partial charge is 0.395 e. The second-order valence-corrected chi connectivity index (χ2v) is 4.46. The Balaban J connectivity index is 2.05. The van der Waals surface area contributed by atoms with Crippen LogP contribution < -0.4 is 10.5 Å². The predicted molar refractivity (Wildman–Crippen MR) is 70.0 cm³/mol. The molecule has 0 saturated carbocycles. The highest BCUT2D eigenvalue weighted by Crippen LogP contribution is 2.11. The monoisotopic (exact) mass is 252 g/mol. The fraction of sp³-hybridized carbons (Fsp3) is 0.667. The first-order valence-corrected chi connectivity index (χ1v) is 6.41. The van der Waals surface area contributed by atoms with Gasteiger partial charge in [-0.2, -0.15) is 0 Å². The minimum Gasteiger partial charge on any atom is -0.395 e. The van der Waals surface area contributed by atoms with E-state index in [1.54, 1.807) is 6.07 Å². The lowest BCUT2D eigenvalue weighted by atomic mass is 10.3. The molecule has 0 atom stereocenters. The molecule has 0 aliphatic carbocycles. The van der Waals surface area contributed by atoms with Crippen molar-refractivity contribution in [1.82, 2.24) is 14.9 Å². The van der Waals surface area contributed by atoms with Crippen molar-refractivity contribution in [1.29, 1.82) is 0 Å². The molecule has 1 aliphatic rings. The van der Waals surface area contributed by atoms with Gasteiger partial charge in [0.05, 0.1) is 6.61 Å². The number of H-pyrrole nitrogens is 1. The number of aryl methyl sites for hydroxylation is 1. The second-order valence-electron chi connectivity index (χ2n) is 4.46. The van der Waals surface area contributed by atoms with Crippen LogP contribution in [0.3, 0.4) is 0 Å². The number of nitrogens with zero attached hydrogens (tertiary/aromatic N) is 3. The highest BCUT2D eigenvalue weighted by atomic mass is 16.3. The van der Waals surface area contributed by atoms with Crippen LogP contribution in [0.25, 0.3) is 0 Å². The van der Waals surface area contributed by atoms with Gasteiger partial charge in [0, 0.05) is 45.2 Å². The van der Waals surface area contributed by atoms with E-state index >= 15 is 0 Å². The molecule has 2 N–H and O–H groups in total. The fourth-order valence-electron chi connectivity index (χ4n) is 2.17. The van der Waals surface area contributed by atoms with Crippen molar-refractivity contribution in [3.63, 3.8) is 0 Å². The van der Waals surface area contributed by atoms with Crippen LogP contribution in [-0.4, -0.2) is 59.3 Å². The normalized spacial score (nSPS) is 17.1. The lowest BCUT2D eigenvalue weighted by Crippen LogP contribution is -2.47. The average molecular weight is 252 g/mol. The molecule has 0 bridgehead atoms. The molecule has 1 fully saturated rings. The van der Waals surface area contributed by atoms with Gasteiger partial charge in [0.1, 0.15) is 11.6 Å². The summed E-state index contributed by atoms with van der Waals surface area (Å²) in [6.45, 7) is 6.38. The van der Waals surface area contributed by atoms with E-state index in [-0.39, 0.29) is 12.2 Å². The zero-order valence-corrected chi connectivity index (χ0v) is 10.7. The van der Waals surface area contributed by atoms with Gasteiger partial charge in [-0.25, -0.2) is 4.98 Å². The smallest absolute Gasteiger partial charge is 0.252 e. The molecule has 0 unspecified atom stereocenters. The molecule has 1 aromatic rings. The van der Waals surface area contributed by atoms with Gasteiger partial charge in [-0.15, -0.1) is 0 Å². The van der Waals surface area contributed by atoms with Crippen LogP contribution in [0.5, 0.6) is 0 Å². The molecule has 0 aromatic carbocycles. The van der Waals surface area contributed by atoms with E-state index in [0.717, 1.165) is 50.8 Å². The van der Waals surface area contributed by atoms with Gasteiger partial charge in [0.2, 0.25) is 0 Å². The number of β-amino-alcohol motifs (C(OH)–C–C–N with tert-alkyl or cyclic N) is 1. The van der Waals surface area contributed by atoms with E-state index < -0.39 is 0 Å². The van der Waals surface area contributed by atoms with Gasteiger partial charge in [-0.3, -0.25) is 9.69 Å². The highest BCUT2D eigenvalue weighted by Gasteiger charge is 2.18. The van der Waals surface area contributed by atoms with Crippen LogP contribution in [0.1, 0.15) is 12.7 Å². The van der Waals surface area contributed by atoms with Crippen LogP contribution in [0, 0.1) is 0 Å². The summed E-state index contributed by atoms with van der Waals surface area (Å²) in [5.74, 6) is 1.49. The summed E-state index contributed by atoms with van der Waals surface area (Å²) in [7, 11) is 0. The molecule has 18 heavy (non-hydrogen) atoms. The second kappa shape index (κ2) is 5.97. The third kappa shape index (κ3) is 3.08. The Morgan fingerprint density at radius 1 is 1.39 bits per heavy atom. The zero-order chi connectivity index (χ0) is 13.0. The van der Waals surface area contributed by atoms with Crippen LogP contribution in [0.4, 0.5) is 5.82 Å². The molecule has 2 rings (SSSR count). The Morgan fingerprint density at radius 2 is 2.11 bits per heavy atom. The maximum Gasteiger partial charge on any atom is 0.252 e. The van der Waals surface area contributed by atoms with Gasteiger partial charge in [0.25, 0.3) is 5.56 Å². The van der Waals surface area contributed by atoms with Gasteiger partial charge in [-0.05, 0) is 0 Å². The molecule has 6 nitrogen and oxygen atoms in total. The minimum atomic E-state index is -0.0883. The minimum absolute atomic E-state index is 0.0883. The Labute approximate surface area is 106 Å². The standard InChI is InChI=1S/C12H20N4O2/c1-2-10-13-11(9-12(18)14-10)16-5-3-15(4-6-16)7-8-17/h9,17H,2-8H2,1H3,(H,13,14,18). The quantitative estimate of drug-likeness (QED) is 0.752. The molecular weight excluding hydrogens is 232 g/mol. The van der Waals surface area contributed by atoms with E-state index in [0.29, 0.717) is 0 Å². The number of aliphatic hydroxyl groups is 1. The number of nitrogens with one attached hydrogen (secondary N) is 1. The van der Waals surface area contributed by atoms with Crippen molar-refractivity contribution in [3.05, 3.63) is 22.2 Å². The molecule has 1 aromatic heterocycles. The molecule has 6 heteroatoms. The molecule has 0 spiro atoms. The van der Waals surface area contributed by atoms with E-state index in [4.69, 9.17) is 5.11 Å². The number of aromatic nitrogens is 2. The third-order valence-corrected chi connectivity index (χ3v) is 3.22. The lowest BCUT2D eigenvalue weighted by Gasteiger charge is -2.35. The summed E-state index contributed by atoms with van der Waals surface area (Å²) in [6, 6.07) is 1.56. The molecule has 1 saturated heterocycles. The maximum absolute atomic E-state index is 11.5. The molecular formula is C12H20N4O2. The predicted octanol–water partition coefficient (Wildman–Crippen LogP) is -0.553. The van der Waals surface area contributed by atoms with Crippen molar-refractivity contribution in [2.45, 2.75) is 13.3 Å². The number of aliphatic hydroxyl groups excluding tert-OH is 1. The topological polar surface area (TPSA) is 72.5 Å². The average Bonchev–Trinajstić information content (AvgIpc) is 2.39. The molecule has 2 heterocycles. The SMILES string of the molecule is CCc1nc(N2CCN(CCO)CC2)cc(=O)[nH]1. The van der Waals surface area contributed by atoms with Gasteiger partial charge >= 0.3 is 0 Å². The van der Waals surface area contributed by atoms with Crippen molar-refractivity contribution >= 4 is 5.82 Å². The first-order valence-electron chi connectivity index (χ1n) is 6.41. The maximum atomic E-state index is 11.5. The molecule has 0 radical (unpaired) electrons. The summed E-state index contributed by atoms with van der Waals surface area (Å²) >= 11 is 0. The van der Waals surface area contributed by atoms with Gasteiger partial charge in [-0.1, -0.05) is 6.92 Å². The Morgan fingerprint density at radius 3 is 2.72 bits per heavy atom. The number of piperazine rings is 1. The third-order valence-electron chi connectivity index (χ3n) is 3.22. The van der Waals surface area contributed by atoms with E-state index in [1.807, 2.05) is 6.92 Å².